The van der Waals surface area contributed by atoms with Crippen LogP contribution in [0.15, 0.2) is 4.99 Å². The normalized spacial score (nSPS) is 10.5. The van der Waals surface area contributed by atoms with Gasteiger partial charge in [0.2, 0.25) is 0 Å². The van der Waals surface area contributed by atoms with Gasteiger partial charge in [-0.3, -0.25) is 4.99 Å². The van der Waals surface area contributed by atoms with Gasteiger partial charge in [0.15, 0.2) is 0 Å². The highest BCUT2D eigenvalue weighted by Gasteiger charge is 1.68. The molecule has 1 nitrogen and oxygen atoms in total. The maximum atomic E-state index is 4.90. The van der Waals surface area contributed by atoms with Crippen LogP contribution in [0, 0.1) is 12.3 Å². The van der Waals surface area contributed by atoms with E-state index >= 15 is 0 Å². The third-order valence-corrected chi connectivity index (χ3v) is 0.544. The summed E-state index contributed by atoms with van der Waals surface area (Å²) in [6, 6.07) is 0. The molecule has 0 aromatic rings. The van der Waals surface area contributed by atoms with Crippen molar-refractivity contribution in [3.05, 3.63) is 0 Å². The topological polar surface area (TPSA) is 12.4 Å². The van der Waals surface area contributed by atoms with Crippen LogP contribution in [-0.2, 0) is 0 Å². The molecule has 0 saturated carbocycles. The first-order chi connectivity index (χ1) is 2.81. The number of terminal acetylenes is 1. The Hall–Kier alpha value is -0.770. The molecule has 0 radical (unpaired) electrons. The van der Waals surface area contributed by atoms with E-state index in [0.717, 1.165) is 5.71 Å². The third-order valence-electron chi connectivity index (χ3n) is 0.544. The van der Waals surface area contributed by atoms with Crippen molar-refractivity contribution in [2.75, 3.05) is 7.05 Å². The van der Waals surface area contributed by atoms with Crippen molar-refractivity contribution in [3.8, 4) is 12.3 Å². The Balaban J connectivity index is 3.61. The zero-order chi connectivity index (χ0) is 4.99. The Morgan fingerprint density at radius 2 is 2.33 bits per heavy atom. The lowest BCUT2D eigenvalue weighted by Gasteiger charge is -1.74. The first-order valence-corrected chi connectivity index (χ1v) is 1.71. The molecule has 32 valence electrons. The number of nitrogens with zero attached hydrogens (tertiary/aromatic N) is 1. The van der Waals surface area contributed by atoms with Crippen LogP contribution in [0.5, 0.6) is 0 Å². The monoisotopic (exact) mass is 81.1 g/mol. The molecule has 0 rings (SSSR count). The van der Waals surface area contributed by atoms with Gasteiger partial charge in [-0.1, -0.05) is 5.92 Å². The van der Waals surface area contributed by atoms with Crippen LogP contribution in [0.3, 0.4) is 0 Å². The van der Waals surface area contributed by atoms with Gasteiger partial charge in [-0.2, -0.15) is 0 Å². The summed E-state index contributed by atoms with van der Waals surface area (Å²) in [5, 5.41) is 0. The molecular formula is C5H7N. The lowest BCUT2D eigenvalue weighted by Crippen LogP contribution is -1.79. The molecule has 0 atom stereocenters. The molecule has 0 fully saturated rings. The minimum atomic E-state index is 0.745. The van der Waals surface area contributed by atoms with Crippen molar-refractivity contribution >= 4 is 5.71 Å². The predicted molar refractivity (Wildman–Crippen MR) is 27.9 cm³/mol. The molecule has 0 N–H and O–H groups in total. The van der Waals surface area contributed by atoms with Gasteiger partial charge in [0, 0.05) is 7.05 Å². The van der Waals surface area contributed by atoms with Crippen LogP contribution in [-0.4, -0.2) is 12.8 Å². The van der Waals surface area contributed by atoms with Gasteiger partial charge < -0.3 is 0 Å². The van der Waals surface area contributed by atoms with Crippen molar-refractivity contribution in [2.45, 2.75) is 6.92 Å². The molecular weight excluding hydrogens is 74.1 g/mol. The van der Waals surface area contributed by atoms with Crippen LogP contribution in [0.2, 0.25) is 0 Å². The molecule has 0 unspecified atom stereocenters. The quantitative estimate of drug-likeness (QED) is 0.301. The first kappa shape index (κ1) is 5.23. The summed E-state index contributed by atoms with van der Waals surface area (Å²) in [4.78, 5) is 3.69. The summed E-state index contributed by atoms with van der Waals surface area (Å²) in [6.45, 7) is 1.79. The molecule has 0 aliphatic rings. The summed E-state index contributed by atoms with van der Waals surface area (Å²) in [6.07, 6.45) is 4.90. The molecule has 0 aliphatic heterocycles. The number of rotatable bonds is 0. The first-order valence-electron chi connectivity index (χ1n) is 1.71. The van der Waals surface area contributed by atoms with Crippen LogP contribution in [0.4, 0.5) is 0 Å². The van der Waals surface area contributed by atoms with E-state index in [1.54, 1.807) is 14.0 Å². The van der Waals surface area contributed by atoms with Gasteiger partial charge in [-0.15, -0.1) is 6.42 Å². The fraction of sp³-hybridized carbons (Fsp3) is 0.400. The molecule has 0 bridgehead atoms. The molecule has 0 heterocycles. The van der Waals surface area contributed by atoms with Crippen LogP contribution < -0.4 is 0 Å². The van der Waals surface area contributed by atoms with E-state index in [9.17, 15) is 0 Å². The second-order valence-corrected chi connectivity index (χ2v) is 0.953. The fourth-order valence-corrected chi connectivity index (χ4v) is 0.0645. The zero-order valence-corrected chi connectivity index (χ0v) is 4.02. The van der Waals surface area contributed by atoms with Crippen LogP contribution >= 0.6 is 0 Å². The summed E-state index contributed by atoms with van der Waals surface area (Å²) in [5.74, 6) is 2.36. The molecule has 6 heavy (non-hydrogen) atoms. The van der Waals surface area contributed by atoms with E-state index in [1.165, 1.54) is 0 Å². The highest BCUT2D eigenvalue weighted by atomic mass is 14.7. The summed E-state index contributed by atoms with van der Waals surface area (Å²) in [5.41, 5.74) is 0.745. The van der Waals surface area contributed by atoms with E-state index in [2.05, 4.69) is 10.9 Å². The average molecular weight is 81.1 g/mol. The Morgan fingerprint density at radius 3 is 2.33 bits per heavy atom. The lowest BCUT2D eigenvalue weighted by molar-refractivity contribution is 1.44. The average Bonchev–Trinajstić information content (AvgIpc) is 1.65. The zero-order valence-electron chi connectivity index (χ0n) is 4.02. The number of aliphatic imine (C=N–C) groups is 1. The second kappa shape index (κ2) is 2.47. The van der Waals surface area contributed by atoms with Gasteiger partial charge in [0.25, 0.3) is 0 Å². The lowest BCUT2D eigenvalue weighted by atomic mass is 10.5. The Morgan fingerprint density at radius 1 is 1.83 bits per heavy atom. The molecule has 1 heteroatoms. The van der Waals surface area contributed by atoms with Gasteiger partial charge in [0.05, 0.1) is 5.71 Å². The maximum absolute atomic E-state index is 4.90. The summed E-state index contributed by atoms with van der Waals surface area (Å²) >= 11 is 0. The van der Waals surface area contributed by atoms with Crippen molar-refractivity contribution in [1.82, 2.24) is 0 Å². The Labute approximate surface area is 38.1 Å². The van der Waals surface area contributed by atoms with Crippen molar-refractivity contribution in [3.63, 3.8) is 0 Å². The molecule has 0 spiro atoms. The third kappa shape index (κ3) is 1.54. The molecule has 0 amide bonds. The largest absolute Gasteiger partial charge is 0.284 e. The molecule has 0 aromatic carbocycles. The maximum Gasteiger partial charge on any atom is 0.0806 e. The highest BCUT2D eigenvalue weighted by molar-refractivity contribution is 5.97. The van der Waals surface area contributed by atoms with E-state index < -0.39 is 0 Å². The van der Waals surface area contributed by atoms with E-state index in [-0.39, 0.29) is 0 Å². The minimum absolute atomic E-state index is 0.745. The van der Waals surface area contributed by atoms with Gasteiger partial charge >= 0.3 is 0 Å². The highest BCUT2D eigenvalue weighted by Crippen LogP contribution is 1.64. The van der Waals surface area contributed by atoms with Gasteiger partial charge in [-0.25, -0.2) is 0 Å². The minimum Gasteiger partial charge on any atom is -0.284 e. The standard InChI is InChI=1S/C5H7N/c1-4-5(2)6-3/h1H,2-3H3. The number of hydrogen-bond donors (Lipinski definition) is 0. The van der Waals surface area contributed by atoms with Crippen molar-refractivity contribution in [1.29, 1.82) is 0 Å². The predicted octanol–water partition coefficient (Wildman–Crippen LogP) is 0.710. The summed E-state index contributed by atoms with van der Waals surface area (Å²) in [7, 11) is 1.68. The summed E-state index contributed by atoms with van der Waals surface area (Å²) < 4.78 is 0. The van der Waals surface area contributed by atoms with Gasteiger partial charge in [-0.05, 0) is 6.92 Å². The van der Waals surface area contributed by atoms with E-state index in [1.807, 2.05) is 0 Å². The van der Waals surface area contributed by atoms with Crippen LogP contribution in [0.25, 0.3) is 0 Å². The smallest absolute Gasteiger partial charge is 0.0806 e. The molecule has 0 aromatic heterocycles. The van der Waals surface area contributed by atoms with E-state index in [0.29, 0.717) is 0 Å². The van der Waals surface area contributed by atoms with Crippen molar-refractivity contribution in [2.24, 2.45) is 4.99 Å². The second-order valence-electron chi connectivity index (χ2n) is 0.953. The fourth-order valence-electron chi connectivity index (χ4n) is 0.0645. The molecule has 0 saturated heterocycles. The van der Waals surface area contributed by atoms with Crippen LogP contribution in [0.1, 0.15) is 6.92 Å². The van der Waals surface area contributed by atoms with Crippen molar-refractivity contribution < 1.29 is 0 Å². The Bertz CT molecular complexity index is 95.0. The molecule has 0 aliphatic carbocycles. The van der Waals surface area contributed by atoms with E-state index in [4.69, 9.17) is 6.42 Å². The SMILES string of the molecule is C#CC(C)=NC. The Kier molecular flexibility index (Phi) is 2.15. The van der Waals surface area contributed by atoms with Gasteiger partial charge in [0.1, 0.15) is 0 Å². The number of hydrogen-bond acceptors (Lipinski definition) is 1.